The number of unbranched alkanes of at least 4 members (excludes halogenated alkanes) is 3. The fourth-order valence-electron chi connectivity index (χ4n) is 3.25. The van der Waals surface area contributed by atoms with Gasteiger partial charge in [-0.15, -0.1) is 0 Å². The molecule has 0 heterocycles. The van der Waals surface area contributed by atoms with E-state index in [-0.39, 0.29) is 29.7 Å². The van der Waals surface area contributed by atoms with Gasteiger partial charge in [-0.3, -0.25) is 14.4 Å². The summed E-state index contributed by atoms with van der Waals surface area (Å²) < 4.78 is 10.8. The fourth-order valence-corrected chi connectivity index (χ4v) is 4.00. The van der Waals surface area contributed by atoms with Crippen LogP contribution in [0, 0.1) is 5.92 Å². The molecule has 162 valence electrons. The highest BCUT2D eigenvalue weighted by atomic mass is 127. The van der Waals surface area contributed by atoms with Gasteiger partial charge in [0.05, 0.1) is 10.7 Å². The molecule has 1 aliphatic rings. The molecule has 0 bridgehead atoms. The van der Waals surface area contributed by atoms with Crippen LogP contribution in [-0.4, -0.2) is 30.9 Å². The Labute approximate surface area is 188 Å². The molecule has 0 radical (unpaired) electrons. The van der Waals surface area contributed by atoms with Gasteiger partial charge < -0.3 is 9.47 Å². The number of halogens is 1. The smallest absolute Gasteiger partial charge is 0.305 e. The summed E-state index contributed by atoms with van der Waals surface area (Å²) >= 11 is 2.09. The van der Waals surface area contributed by atoms with Gasteiger partial charge in [0.25, 0.3) is 0 Å². The zero-order valence-corrected chi connectivity index (χ0v) is 19.9. The van der Waals surface area contributed by atoms with Crippen LogP contribution in [0.4, 0.5) is 0 Å². The third-order valence-electron chi connectivity index (χ3n) is 4.83. The first-order valence-corrected chi connectivity index (χ1v) is 11.5. The maximum Gasteiger partial charge on any atom is 0.305 e. The molecule has 6 heteroatoms. The second-order valence-electron chi connectivity index (χ2n) is 7.25. The van der Waals surface area contributed by atoms with Crippen molar-refractivity contribution in [3.05, 3.63) is 33.5 Å². The van der Waals surface area contributed by atoms with E-state index in [4.69, 9.17) is 4.74 Å². The minimum Gasteiger partial charge on any atom is -0.469 e. The first-order valence-electron chi connectivity index (χ1n) is 10.4. The van der Waals surface area contributed by atoms with Gasteiger partial charge in [-0.2, -0.15) is 0 Å². The third-order valence-corrected chi connectivity index (χ3v) is 5.67. The highest BCUT2D eigenvalue weighted by Gasteiger charge is 2.28. The summed E-state index contributed by atoms with van der Waals surface area (Å²) in [6.45, 7) is 3.57. The van der Waals surface area contributed by atoms with Crippen LogP contribution in [-0.2, 0) is 23.9 Å². The molecule has 0 amide bonds. The minimum atomic E-state index is -0.276. The van der Waals surface area contributed by atoms with Crippen molar-refractivity contribution < 1.29 is 23.9 Å². The van der Waals surface area contributed by atoms with E-state index in [9.17, 15) is 14.4 Å². The number of esters is 2. The Morgan fingerprint density at radius 1 is 1.24 bits per heavy atom. The lowest BCUT2D eigenvalue weighted by molar-refractivity contribution is -0.146. The molecular weight excluding hydrogens is 483 g/mol. The molecule has 0 aliphatic heterocycles. The SMILES string of the molecule is CCCCC[C@@H](C/C=C1/C(=O)C(I)=C[C@@H]1C/C=C\CCCC(=O)OC)OC(C)=O. The zero-order valence-electron chi connectivity index (χ0n) is 17.7. The van der Waals surface area contributed by atoms with Crippen LogP contribution in [0.15, 0.2) is 33.5 Å². The van der Waals surface area contributed by atoms with Crippen LogP contribution in [0.25, 0.3) is 0 Å². The van der Waals surface area contributed by atoms with E-state index < -0.39 is 0 Å². The number of carbonyl (C=O) groups excluding carboxylic acids is 3. The van der Waals surface area contributed by atoms with E-state index in [0.717, 1.165) is 54.1 Å². The monoisotopic (exact) mass is 516 g/mol. The maximum atomic E-state index is 12.5. The Morgan fingerprint density at radius 2 is 2.00 bits per heavy atom. The summed E-state index contributed by atoms with van der Waals surface area (Å²) in [6, 6.07) is 0. The topological polar surface area (TPSA) is 69.7 Å². The van der Waals surface area contributed by atoms with E-state index in [1.807, 2.05) is 12.2 Å². The summed E-state index contributed by atoms with van der Waals surface area (Å²) in [7, 11) is 1.40. The minimum absolute atomic E-state index is 0.0554. The van der Waals surface area contributed by atoms with Crippen molar-refractivity contribution in [3.8, 4) is 0 Å². The average Bonchev–Trinajstić information content (AvgIpc) is 2.95. The van der Waals surface area contributed by atoms with Crippen LogP contribution < -0.4 is 0 Å². The van der Waals surface area contributed by atoms with E-state index in [0.29, 0.717) is 12.8 Å². The molecule has 0 unspecified atom stereocenters. The Bertz CT molecular complexity index is 648. The normalized spacial score (nSPS) is 18.9. The second kappa shape index (κ2) is 14.5. The Hall–Kier alpha value is -1.44. The highest BCUT2D eigenvalue weighted by Crippen LogP contribution is 2.33. The summed E-state index contributed by atoms with van der Waals surface area (Å²) in [5, 5.41) is 0. The Balaban J connectivity index is 2.64. The van der Waals surface area contributed by atoms with Gasteiger partial charge in [0.1, 0.15) is 6.10 Å². The van der Waals surface area contributed by atoms with Gasteiger partial charge >= 0.3 is 11.9 Å². The lowest BCUT2D eigenvalue weighted by Gasteiger charge is -2.16. The van der Waals surface area contributed by atoms with E-state index in [1.54, 1.807) is 0 Å². The number of ether oxygens (including phenoxy) is 2. The first kappa shape index (κ1) is 25.6. The van der Waals surface area contributed by atoms with Gasteiger partial charge in [0, 0.05) is 31.3 Å². The summed E-state index contributed by atoms with van der Waals surface area (Å²) in [5.74, 6) is -0.338. The van der Waals surface area contributed by atoms with Crippen LogP contribution in [0.5, 0.6) is 0 Å². The van der Waals surface area contributed by atoms with Gasteiger partial charge in [0.2, 0.25) is 0 Å². The average molecular weight is 516 g/mol. The molecule has 0 saturated carbocycles. The molecular formula is C23H33IO5. The predicted molar refractivity (Wildman–Crippen MR) is 123 cm³/mol. The molecule has 0 spiro atoms. The van der Waals surface area contributed by atoms with Crippen LogP contribution in [0.2, 0.25) is 0 Å². The van der Waals surface area contributed by atoms with E-state index in [1.165, 1.54) is 14.0 Å². The number of carbonyl (C=O) groups is 3. The summed E-state index contributed by atoms with van der Waals surface area (Å²) in [6.07, 6.45) is 15.3. The number of hydrogen-bond acceptors (Lipinski definition) is 5. The Morgan fingerprint density at radius 3 is 2.66 bits per heavy atom. The predicted octanol–water partition coefficient (Wildman–Crippen LogP) is 5.62. The van der Waals surface area contributed by atoms with Crippen molar-refractivity contribution in [1.29, 1.82) is 0 Å². The molecule has 0 aromatic carbocycles. The fraction of sp³-hybridized carbons (Fsp3) is 0.609. The van der Waals surface area contributed by atoms with Crippen LogP contribution in [0.3, 0.4) is 0 Å². The molecule has 2 atom stereocenters. The summed E-state index contributed by atoms with van der Waals surface area (Å²) in [4.78, 5) is 35.0. The van der Waals surface area contributed by atoms with Gasteiger partial charge in [0.15, 0.2) is 5.78 Å². The summed E-state index contributed by atoms with van der Waals surface area (Å²) in [5.41, 5.74) is 0.793. The van der Waals surface area contributed by atoms with Crippen molar-refractivity contribution in [2.75, 3.05) is 7.11 Å². The lowest BCUT2D eigenvalue weighted by atomic mass is 9.95. The van der Waals surface area contributed by atoms with Crippen molar-refractivity contribution in [1.82, 2.24) is 0 Å². The van der Waals surface area contributed by atoms with Crippen molar-refractivity contribution in [2.45, 2.75) is 77.7 Å². The van der Waals surface area contributed by atoms with Crippen molar-refractivity contribution in [3.63, 3.8) is 0 Å². The van der Waals surface area contributed by atoms with Crippen molar-refractivity contribution in [2.24, 2.45) is 5.92 Å². The number of methoxy groups -OCH3 is 1. The highest BCUT2D eigenvalue weighted by molar-refractivity contribution is 14.1. The number of rotatable bonds is 13. The molecule has 1 aliphatic carbocycles. The standard InChI is InChI=1S/C23H33IO5/c1-4-5-8-12-19(29-17(2)25)14-15-20-18(16-21(24)23(20)27)11-9-6-7-10-13-22(26)28-3/h6,9,15-16,18-19H,4-5,7-8,10-14H2,1-3H3/b9-6-,20-15+/t18-,19-/m0/s1. The molecule has 0 fully saturated rings. The molecule has 0 N–H and O–H groups in total. The quantitative estimate of drug-likeness (QED) is 0.105. The lowest BCUT2D eigenvalue weighted by Crippen LogP contribution is -2.16. The van der Waals surface area contributed by atoms with Crippen LogP contribution >= 0.6 is 22.6 Å². The van der Waals surface area contributed by atoms with E-state index >= 15 is 0 Å². The number of Topliss-reactive ketones (excluding diaryl/α,β-unsaturated/α-hetero) is 1. The van der Waals surface area contributed by atoms with Crippen molar-refractivity contribution >= 4 is 40.3 Å². The molecule has 0 saturated heterocycles. The number of hydrogen-bond donors (Lipinski definition) is 0. The van der Waals surface area contributed by atoms with Gasteiger partial charge in [-0.05, 0) is 54.7 Å². The molecule has 0 aromatic rings. The van der Waals surface area contributed by atoms with Crippen LogP contribution in [0.1, 0.15) is 71.6 Å². The molecule has 5 nitrogen and oxygen atoms in total. The maximum absolute atomic E-state index is 12.5. The molecule has 0 aromatic heterocycles. The van der Waals surface area contributed by atoms with Gasteiger partial charge in [-0.1, -0.05) is 44.1 Å². The number of allylic oxidation sites excluding steroid dienone is 5. The number of ketones is 1. The zero-order chi connectivity index (χ0) is 21.6. The second-order valence-corrected chi connectivity index (χ2v) is 8.41. The molecule has 1 rings (SSSR count). The van der Waals surface area contributed by atoms with Gasteiger partial charge in [-0.25, -0.2) is 0 Å². The largest absolute Gasteiger partial charge is 0.469 e. The first-order chi connectivity index (χ1) is 13.9. The van der Waals surface area contributed by atoms with E-state index in [2.05, 4.69) is 46.4 Å². The third kappa shape index (κ3) is 10.2. The molecule has 29 heavy (non-hydrogen) atoms. The Kier molecular flexibility index (Phi) is 12.8.